The van der Waals surface area contributed by atoms with E-state index in [2.05, 4.69) is 5.10 Å². The molecule has 0 saturated carbocycles. The summed E-state index contributed by atoms with van der Waals surface area (Å²) in [5.74, 6) is -1.05. The van der Waals surface area contributed by atoms with Crippen LogP contribution < -0.4 is 0 Å². The molecule has 10 heteroatoms. The van der Waals surface area contributed by atoms with Crippen molar-refractivity contribution in [1.29, 1.82) is 0 Å². The van der Waals surface area contributed by atoms with E-state index in [0.29, 0.717) is 18.7 Å². The largest absolute Gasteiger partial charge is 0.449 e. The number of carbonyl (C=O) groups excluding carboxylic acids is 2. The maximum atomic E-state index is 13.1. The third-order valence-corrected chi connectivity index (χ3v) is 8.24. The normalized spacial score (nSPS) is 18.1. The molecule has 0 N–H and O–H groups in total. The molecule has 2 atom stereocenters. The number of hydrogen-bond acceptors (Lipinski definition) is 7. The van der Waals surface area contributed by atoms with Crippen molar-refractivity contribution in [3.8, 4) is 16.3 Å². The first kappa shape index (κ1) is 23.2. The predicted molar refractivity (Wildman–Crippen MR) is 126 cm³/mol. The number of para-hydroxylation sites is 1. The smallest absolute Gasteiger partial charge is 0.342 e. The molecule has 174 valence electrons. The lowest BCUT2D eigenvalue weighted by atomic mass is 10.2. The first-order chi connectivity index (χ1) is 15.8. The van der Waals surface area contributed by atoms with Crippen LogP contribution in [-0.4, -0.2) is 65.2 Å². The zero-order chi connectivity index (χ0) is 23.6. The fourth-order valence-corrected chi connectivity index (χ4v) is 6.41. The van der Waals surface area contributed by atoms with E-state index < -0.39 is 33.9 Å². The highest BCUT2D eigenvalue weighted by molar-refractivity contribution is 7.91. The average Bonchev–Trinajstić information content (AvgIpc) is 3.54. The number of hydrogen-bond donors (Lipinski definition) is 0. The fourth-order valence-electron chi connectivity index (χ4n) is 3.95. The molecule has 1 aliphatic rings. The molecule has 1 fully saturated rings. The first-order valence-corrected chi connectivity index (χ1v) is 13.4. The van der Waals surface area contributed by atoms with E-state index in [-0.39, 0.29) is 17.1 Å². The number of amides is 1. The van der Waals surface area contributed by atoms with Crippen molar-refractivity contribution in [2.45, 2.75) is 32.4 Å². The summed E-state index contributed by atoms with van der Waals surface area (Å²) in [4.78, 5) is 28.4. The van der Waals surface area contributed by atoms with E-state index in [0.717, 1.165) is 10.6 Å². The lowest BCUT2D eigenvalue weighted by Gasteiger charge is -2.29. The molecule has 8 nitrogen and oxygen atoms in total. The molecule has 1 aliphatic heterocycles. The molecular formula is C23H25N3O5S2. The summed E-state index contributed by atoms with van der Waals surface area (Å²) in [6.45, 7) is 3.64. The standard InChI is InChI=1S/C23H25N3O5S2/c1-3-25(18-11-13-33(29,30)15-18)22(27)16(2)31-23(28)19-14-26(17-8-5-4-6-9-17)24-21(19)20-10-7-12-32-20/h4-10,12,14,16,18H,3,11,13,15H2,1-2H3. The highest BCUT2D eigenvalue weighted by atomic mass is 32.2. The van der Waals surface area contributed by atoms with E-state index >= 15 is 0 Å². The number of nitrogens with zero attached hydrogens (tertiary/aromatic N) is 3. The molecule has 2 aromatic heterocycles. The predicted octanol–water partition coefficient (Wildman–Crippen LogP) is 3.18. The minimum absolute atomic E-state index is 0.0559. The van der Waals surface area contributed by atoms with Crippen LogP contribution in [0.2, 0.25) is 0 Å². The molecule has 33 heavy (non-hydrogen) atoms. The molecule has 1 aromatic carbocycles. The Morgan fingerprint density at radius 1 is 1.24 bits per heavy atom. The summed E-state index contributed by atoms with van der Waals surface area (Å²) in [5, 5.41) is 6.49. The maximum Gasteiger partial charge on any atom is 0.342 e. The van der Waals surface area contributed by atoms with Crippen molar-refractivity contribution in [1.82, 2.24) is 14.7 Å². The van der Waals surface area contributed by atoms with Crippen LogP contribution in [0, 0.1) is 0 Å². The summed E-state index contributed by atoms with van der Waals surface area (Å²) < 4.78 is 30.9. The monoisotopic (exact) mass is 487 g/mol. The topological polar surface area (TPSA) is 98.6 Å². The van der Waals surface area contributed by atoms with Crippen molar-refractivity contribution in [2.75, 3.05) is 18.1 Å². The minimum Gasteiger partial charge on any atom is -0.449 e. The molecule has 0 bridgehead atoms. The van der Waals surface area contributed by atoms with Gasteiger partial charge in [-0.05, 0) is 43.8 Å². The molecule has 0 spiro atoms. The van der Waals surface area contributed by atoms with Gasteiger partial charge >= 0.3 is 5.97 Å². The van der Waals surface area contributed by atoms with Crippen LogP contribution >= 0.6 is 11.3 Å². The second kappa shape index (κ2) is 9.48. The van der Waals surface area contributed by atoms with Crippen LogP contribution in [0.4, 0.5) is 0 Å². The lowest BCUT2D eigenvalue weighted by Crippen LogP contribution is -2.46. The van der Waals surface area contributed by atoms with Crippen molar-refractivity contribution in [3.63, 3.8) is 0 Å². The van der Waals surface area contributed by atoms with Gasteiger partial charge in [-0.1, -0.05) is 24.3 Å². The number of ether oxygens (including phenoxy) is 1. The van der Waals surface area contributed by atoms with E-state index in [4.69, 9.17) is 4.74 Å². The summed E-state index contributed by atoms with van der Waals surface area (Å²) in [6, 6.07) is 12.8. The molecule has 4 rings (SSSR count). The molecule has 0 radical (unpaired) electrons. The third-order valence-electron chi connectivity index (χ3n) is 5.61. The Labute approximate surface area is 196 Å². The number of rotatable bonds is 7. The highest BCUT2D eigenvalue weighted by Crippen LogP contribution is 2.29. The first-order valence-electron chi connectivity index (χ1n) is 10.7. The maximum absolute atomic E-state index is 13.1. The van der Waals surface area contributed by atoms with Gasteiger partial charge in [0, 0.05) is 18.8 Å². The number of esters is 1. The van der Waals surface area contributed by atoms with E-state index in [1.807, 2.05) is 47.8 Å². The van der Waals surface area contributed by atoms with Gasteiger partial charge in [-0.25, -0.2) is 17.9 Å². The van der Waals surface area contributed by atoms with Crippen LogP contribution in [0.25, 0.3) is 16.3 Å². The Bertz CT molecular complexity index is 1240. The van der Waals surface area contributed by atoms with Gasteiger partial charge in [0.1, 0.15) is 11.3 Å². The van der Waals surface area contributed by atoms with Gasteiger partial charge in [-0.3, -0.25) is 4.79 Å². The zero-order valence-corrected chi connectivity index (χ0v) is 20.0. The van der Waals surface area contributed by atoms with E-state index in [1.54, 1.807) is 17.8 Å². The van der Waals surface area contributed by atoms with E-state index in [9.17, 15) is 18.0 Å². The van der Waals surface area contributed by atoms with Gasteiger partial charge in [-0.15, -0.1) is 11.3 Å². The number of likely N-dealkylation sites (N-methyl/N-ethyl adjacent to an activating group) is 1. The van der Waals surface area contributed by atoms with Crippen molar-refractivity contribution in [2.24, 2.45) is 0 Å². The Kier molecular flexibility index (Phi) is 6.66. The number of benzene rings is 1. The fraction of sp³-hybridized carbons (Fsp3) is 0.348. The number of sulfone groups is 1. The highest BCUT2D eigenvalue weighted by Gasteiger charge is 2.36. The molecule has 1 saturated heterocycles. The molecule has 1 amide bonds. The average molecular weight is 488 g/mol. The second-order valence-corrected chi connectivity index (χ2v) is 11.1. The number of carbonyl (C=O) groups is 2. The van der Waals surface area contributed by atoms with Crippen molar-refractivity contribution >= 4 is 33.1 Å². The Morgan fingerprint density at radius 2 is 2.00 bits per heavy atom. The number of thiophene rings is 1. The quantitative estimate of drug-likeness (QED) is 0.475. The lowest BCUT2D eigenvalue weighted by molar-refractivity contribution is -0.141. The molecule has 3 heterocycles. The van der Waals surface area contributed by atoms with Gasteiger partial charge in [0.25, 0.3) is 5.91 Å². The molecule has 2 unspecified atom stereocenters. The van der Waals surface area contributed by atoms with Gasteiger partial charge in [0.05, 0.1) is 22.1 Å². The SMILES string of the molecule is CCN(C(=O)C(C)OC(=O)c1cn(-c2ccccc2)nc1-c1cccs1)C1CCS(=O)(=O)C1. The molecule has 3 aromatic rings. The van der Waals surface area contributed by atoms with Crippen LogP contribution in [0.3, 0.4) is 0 Å². The van der Waals surface area contributed by atoms with Crippen LogP contribution in [0.5, 0.6) is 0 Å². The van der Waals surface area contributed by atoms with Gasteiger partial charge in [0.15, 0.2) is 15.9 Å². The third kappa shape index (κ3) is 5.01. The van der Waals surface area contributed by atoms with Gasteiger partial charge in [0.2, 0.25) is 0 Å². The van der Waals surface area contributed by atoms with Crippen LogP contribution in [0.15, 0.2) is 54.0 Å². The summed E-state index contributed by atoms with van der Waals surface area (Å²) in [7, 11) is -3.14. The molecular weight excluding hydrogens is 462 g/mol. The minimum atomic E-state index is -3.14. The van der Waals surface area contributed by atoms with Crippen molar-refractivity contribution in [3.05, 3.63) is 59.6 Å². The van der Waals surface area contributed by atoms with Crippen LogP contribution in [0.1, 0.15) is 30.6 Å². The zero-order valence-electron chi connectivity index (χ0n) is 18.4. The summed E-state index contributed by atoms with van der Waals surface area (Å²) in [6.07, 6.45) is 0.942. The summed E-state index contributed by atoms with van der Waals surface area (Å²) in [5.41, 5.74) is 1.53. The van der Waals surface area contributed by atoms with E-state index in [1.165, 1.54) is 23.2 Å². The van der Waals surface area contributed by atoms with Crippen molar-refractivity contribution < 1.29 is 22.7 Å². The van der Waals surface area contributed by atoms with Gasteiger partial charge < -0.3 is 9.64 Å². The Morgan fingerprint density at radius 3 is 2.61 bits per heavy atom. The number of aromatic nitrogens is 2. The van der Waals surface area contributed by atoms with Crippen LogP contribution in [-0.2, 0) is 19.4 Å². The Balaban J connectivity index is 1.56. The second-order valence-electron chi connectivity index (χ2n) is 7.88. The Hall–Kier alpha value is -2.98. The van der Waals surface area contributed by atoms with Gasteiger partial charge in [-0.2, -0.15) is 5.10 Å². The summed E-state index contributed by atoms with van der Waals surface area (Å²) >= 11 is 1.45. The molecule has 0 aliphatic carbocycles.